The van der Waals surface area contributed by atoms with Crippen molar-refractivity contribution in [1.29, 1.82) is 0 Å². The Kier molecular flexibility index (Phi) is 8.23. The van der Waals surface area contributed by atoms with Crippen molar-refractivity contribution in [1.82, 2.24) is 10.6 Å². The Labute approximate surface area is 157 Å². The van der Waals surface area contributed by atoms with E-state index in [-0.39, 0.29) is 11.9 Å². The Morgan fingerprint density at radius 2 is 2.12 bits per heavy atom. The fourth-order valence-electron chi connectivity index (χ4n) is 3.17. The summed E-state index contributed by atoms with van der Waals surface area (Å²) in [6.45, 7) is 9.15. The van der Waals surface area contributed by atoms with Crippen LogP contribution in [0, 0.1) is 11.8 Å². The first-order chi connectivity index (χ1) is 12.5. The van der Waals surface area contributed by atoms with Crippen LogP contribution in [-0.4, -0.2) is 32.7 Å². The number of carbonyl (C=O) groups excluding carboxylic acids is 1. The monoisotopic (exact) mass is 362 g/mol. The fraction of sp³-hybridized carbons (Fsp3) is 0.667. The van der Waals surface area contributed by atoms with Crippen LogP contribution in [0.25, 0.3) is 0 Å². The van der Waals surface area contributed by atoms with Crippen LogP contribution >= 0.6 is 0 Å². The van der Waals surface area contributed by atoms with Gasteiger partial charge in [0.1, 0.15) is 0 Å². The first kappa shape index (κ1) is 20.6. The molecule has 0 aromatic heterocycles. The summed E-state index contributed by atoms with van der Waals surface area (Å²) in [6, 6.07) is 5.83. The lowest BCUT2D eigenvalue weighted by Gasteiger charge is -2.18. The van der Waals surface area contributed by atoms with Crippen molar-refractivity contribution in [3.63, 3.8) is 0 Å². The van der Waals surface area contributed by atoms with Crippen molar-refractivity contribution in [3.8, 4) is 11.5 Å². The molecule has 1 aromatic carbocycles. The molecule has 0 bridgehead atoms. The number of benzene rings is 1. The molecule has 0 spiro atoms. The Balaban J connectivity index is 1.86. The number of amides is 1. The standard InChI is InChI=1S/C21H34N2O3/c1-15(2)10-12-26-19-7-6-18(13-20(19)25-4)16(3)23-21(24)8-5-17-9-11-22-14-17/h6-7,13,15-17,22H,5,8-12,14H2,1-4H3,(H,23,24). The molecular weight excluding hydrogens is 328 g/mol. The van der Waals surface area contributed by atoms with Crippen molar-refractivity contribution in [2.24, 2.45) is 11.8 Å². The maximum Gasteiger partial charge on any atom is 0.220 e. The van der Waals surface area contributed by atoms with Gasteiger partial charge in [-0.3, -0.25) is 4.79 Å². The summed E-state index contributed by atoms with van der Waals surface area (Å²) in [4.78, 5) is 12.2. The van der Waals surface area contributed by atoms with Gasteiger partial charge in [0.15, 0.2) is 11.5 Å². The molecule has 0 aliphatic carbocycles. The SMILES string of the molecule is COc1cc(C(C)NC(=O)CCC2CCNC2)ccc1OCCC(C)C. The molecule has 2 unspecified atom stereocenters. The van der Waals surface area contributed by atoms with Gasteiger partial charge < -0.3 is 20.1 Å². The van der Waals surface area contributed by atoms with Crippen LogP contribution in [0.5, 0.6) is 11.5 Å². The van der Waals surface area contributed by atoms with Crippen LogP contribution in [0.3, 0.4) is 0 Å². The highest BCUT2D eigenvalue weighted by Crippen LogP contribution is 2.30. The molecule has 0 saturated carbocycles. The Hall–Kier alpha value is -1.75. The lowest BCUT2D eigenvalue weighted by atomic mass is 10.0. The second-order valence-corrected chi connectivity index (χ2v) is 7.63. The van der Waals surface area contributed by atoms with Gasteiger partial charge in [-0.05, 0) is 68.8 Å². The van der Waals surface area contributed by atoms with Crippen molar-refractivity contribution in [2.45, 2.75) is 52.5 Å². The summed E-state index contributed by atoms with van der Waals surface area (Å²) < 4.78 is 11.3. The first-order valence-electron chi connectivity index (χ1n) is 9.80. The lowest BCUT2D eigenvalue weighted by molar-refractivity contribution is -0.122. The molecule has 146 valence electrons. The first-order valence-corrected chi connectivity index (χ1v) is 9.80. The average molecular weight is 363 g/mol. The zero-order valence-corrected chi connectivity index (χ0v) is 16.6. The number of methoxy groups -OCH3 is 1. The van der Waals surface area contributed by atoms with E-state index in [1.807, 2.05) is 25.1 Å². The molecule has 1 fully saturated rings. The summed E-state index contributed by atoms with van der Waals surface area (Å²) >= 11 is 0. The van der Waals surface area contributed by atoms with E-state index < -0.39 is 0 Å². The number of carbonyl (C=O) groups is 1. The lowest BCUT2D eigenvalue weighted by Crippen LogP contribution is -2.27. The third-order valence-electron chi connectivity index (χ3n) is 4.96. The van der Waals surface area contributed by atoms with E-state index in [0.29, 0.717) is 30.6 Å². The second kappa shape index (κ2) is 10.4. The maximum absolute atomic E-state index is 12.2. The highest BCUT2D eigenvalue weighted by atomic mass is 16.5. The Morgan fingerprint density at radius 1 is 1.31 bits per heavy atom. The van der Waals surface area contributed by atoms with Gasteiger partial charge in [0.25, 0.3) is 0 Å². The average Bonchev–Trinajstić information content (AvgIpc) is 3.13. The molecule has 0 radical (unpaired) electrons. The van der Waals surface area contributed by atoms with Crippen LogP contribution in [-0.2, 0) is 4.79 Å². The van der Waals surface area contributed by atoms with Crippen molar-refractivity contribution in [3.05, 3.63) is 23.8 Å². The predicted octanol–water partition coefficient (Wildman–Crippen LogP) is 3.69. The third-order valence-corrected chi connectivity index (χ3v) is 4.96. The molecule has 1 aliphatic heterocycles. The topological polar surface area (TPSA) is 59.6 Å². The van der Waals surface area contributed by atoms with Crippen molar-refractivity contribution in [2.75, 3.05) is 26.8 Å². The van der Waals surface area contributed by atoms with Gasteiger partial charge in [-0.1, -0.05) is 19.9 Å². The van der Waals surface area contributed by atoms with E-state index in [1.54, 1.807) is 7.11 Å². The van der Waals surface area contributed by atoms with Crippen LogP contribution in [0.2, 0.25) is 0 Å². The fourth-order valence-corrected chi connectivity index (χ4v) is 3.17. The minimum Gasteiger partial charge on any atom is -0.493 e. The van der Waals surface area contributed by atoms with Crippen molar-refractivity contribution < 1.29 is 14.3 Å². The number of hydrogen-bond acceptors (Lipinski definition) is 4. The van der Waals surface area contributed by atoms with Crippen molar-refractivity contribution >= 4 is 5.91 Å². The van der Waals surface area contributed by atoms with Gasteiger partial charge in [0.05, 0.1) is 19.8 Å². The summed E-state index contributed by atoms with van der Waals surface area (Å²) in [6.07, 6.45) is 3.73. The molecule has 26 heavy (non-hydrogen) atoms. The number of rotatable bonds is 10. The van der Waals surface area contributed by atoms with Gasteiger partial charge >= 0.3 is 0 Å². The molecule has 1 amide bonds. The van der Waals surface area contributed by atoms with Gasteiger partial charge in [0.2, 0.25) is 5.91 Å². The highest BCUT2D eigenvalue weighted by molar-refractivity contribution is 5.76. The second-order valence-electron chi connectivity index (χ2n) is 7.63. The molecule has 2 atom stereocenters. The molecule has 2 rings (SSSR count). The summed E-state index contributed by atoms with van der Waals surface area (Å²) in [5, 5.41) is 6.44. The third kappa shape index (κ3) is 6.52. The van der Waals surface area contributed by atoms with Crippen LogP contribution in [0.15, 0.2) is 18.2 Å². The molecule has 1 saturated heterocycles. The van der Waals surface area contributed by atoms with E-state index in [9.17, 15) is 4.79 Å². The molecule has 1 aliphatic rings. The quantitative estimate of drug-likeness (QED) is 0.666. The molecule has 1 heterocycles. The Bertz CT molecular complexity index is 568. The highest BCUT2D eigenvalue weighted by Gasteiger charge is 2.17. The minimum atomic E-state index is -0.0529. The van der Waals surface area contributed by atoms with Gasteiger partial charge in [-0.15, -0.1) is 0 Å². The predicted molar refractivity (Wildman–Crippen MR) is 105 cm³/mol. The minimum absolute atomic E-state index is 0.0529. The smallest absolute Gasteiger partial charge is 0.220 e. The van der Waals surface area contributed by atoms with Crippen LogP contribution < -0.4 is 20.1 Å². The number of ether oxygens (including phenoxy) is 2. The molecular formula is C21H34N2O3. The summed E-state index contributed by atoms with van der Waals surface area (Å²) in [5.74, 6) is 2.82. The molecule has 5 nitrogen and oxygen atoms in total. The van der Waals surface area contributed by atoms with E-state index >= 15 is 0 Å². The molecule has 5 heteroatoms. The van der Waals surface area contributed by atoms with Crippen LogP contribution in [0.1, 0.15) is 58.1 Å². The zero-order chi connectivity index (χ0) is 18.9. The molecule has 1 aromatic rings. The van der Waals surface area contributed by atoms with E-state index in [1.165, 1.54) is 6.42 Å². The maximum atomic E-state index is 12.2. The van der Waals surface area contributed by atoms with Gasteiger partial charge in [-0.2, -0.15) is 0 Å². The van der Waals surface area contributed by atoms with Gasteiger partial charge in [-0.25, -0.2) is 0 Å². The van der Waals surface area contributed by atoms with E-state index in [4.69, 9.17) is 9.47 Å². The normalized spacial score (nSPS) is 18.0. The number of hydrogen-bond donors (Lipinski definition) is 2. The van der Waals surface area contributed by atoms with Crippen LogP contribution in [0.4, 0.5) is 0 Å². The molecule has 2 N–H and O–H groups in total. The summed E-state index contributed by atoms with van der Waals surface area (Å²) in [5.41, 5.74) is 1.02. The van der Waals surface area contributed by atoms with Gasteiger partial charge in [0, 0.05) is 6.42 Å². The Morgan fingerprint density at radius 3 is 2.77 bits per heavy atom. The zero-order valence-electron chi connectivity index (χ0n) is 16.6. The van der Waals surface area contributed by atoms with E-state index in [2.05, 4.69) is 24.5 Å². The largest absolute Gasteiger partial charge is 0.493 e. The van der Waals surface area contributed by atoms with E-state index in [0.717, 1.165) is 37.2 Å². The number of nitrogens with one attached hydrogen (secondary N) is 2. The summed E-state index contributed by atoms with van der Waals surface area (Å²) in [7, 11) is 1.65.